The number of aromatic nitrogens is 2. The Kier molecular flexibility index (Phi) is 5.72. The summed E-state index contributed by atoms with van der Waals surface area (Å²) in [5.74, 6) is 0.526. The standard InChI is InChI=1S/C20H22N4O4S2/c1-14-6-7-17(15(2)12-14)28-13-19(25)23-8-10-24(11-9-23)30(26,27)18-5-3-4-16-20(18)22-29-21-16/h3-7,12H,8-11,13H2,1-2H3. The van der Waals surface area contributed by atoms with E-state index in [4.69, 9.17) is 4.74 Å². The van der Waals surface area contributed by atoms with Crippen LogP contribution in [0.4, 0.5) is 0 Å². The number of fused-ring (bicyclic) bond motifs is 1. The molecule has 0 aliphatic carbocycles. The maximum absolute atomic E-state index is 13.1. The Balaban J connectivity index is 1.38. The molecule has 1 aliphatic heterocycles. The van der Waals surface area contributed by atoms with Gasteiger partial charge in [-0.2, -0.15) is 13.1 Å². The molecule has 0 unspecified atom stereocenters. The molecule has 3 aromatic rings. The second kappa shape index (κ2) is 8.29. The van der Waals surface area contributed by atoms with Crippen molar-refractivity contribution in [1.29, 1.82) is 0 Å². The summed E-state index contributed by atoms with van der Waals surface area (Å²) in [5.41, 5.74) is 3.07. The van der Waals surface area contributed by atoms with E-state index in [2.05, 4.69) is 8.75 Å². The van der Waals surface area contributed by atoms with E-state index in [0.717, 1.165) is 22.9 Å². The largest absolute Gasteiger partial charge is 0.484 e. The molecule has 1 aromatic heterocycles. The van der Waals surface area contributed by atoms with Gasteiger partial charge in [0.05, 0.1) is 11.7 Å². The lowest BCUT2D eigenvalue weighted by Gasteiger charge is -2.34. The van der Waals surface area contributed by atoms with Crippen molar-refractivity contribution in [3.05, 3.63) is 47.5 Å². The number of carbonyl (C=O) groups excluding carboxylic acids is 1. The van der Waals surface area contributed by atoms with E-state index in [0.29, 0.717) is 29.9 Å². The summed E-state index contributed by atoms with van der Waals surface area (Å²) in [6.45, 7) is 4.96. The van der Waals surface area contributed by atoms with Gasteiger partial charge < -0.3 is 9.64 Å². The van der Waals surface area contributed by atoms with Gasteiger partial charge in [-0.25, -0.2) is 8.42 Å². The van der Waals surface area contributed by atoms with Crippen LogP contribution in [0.2, 0.25) is 0 Å². The number of rotatable bonds is 5. The van der Waals surface area contributed by atoms with Crippen molar-refractivity contribution < 1.29 is 17.9 Å². The first-order chi connectivity index (χ1) is 14.4. The predicted octanol–water partition coefficient (Wildman–Crippen LogP) is 2.22. The van der Waals surface area contributed by atoms with Gasteiger partial charge in [0.1, 0.15) is 21.7 Å². The highest BCUT2D eigenvalue weighted by Crippen LogP contribution is 2.25. The van der Waals surface area contributed by atoms with Crippen LogP contribution in [0.5, 0.6) is 5.75 Å². The molecule has 1 fully saturated rings. The van der Waals surface area contributed by atoms with Gasteiger partial charge in [0.2, 0.25) is 10.0 Å². The number of carbonyl (C=O) groups is 1. The van der Waals surface area contributed by atoms with E-state index < -0.39 is 10.0 Å². The van der Waals surface area contributed by atoms with Crippen LogP contribution in [0.25, 0.3) is 11.0 Å². The third-order valence-corrected chi connectivity index (χ3v) is 7.61. The molecule has 8 nitrogen and oxygen atoms in total. The fraction of sp³-hybridized carbons (Fsp3) is 0.350. The smallest absolute Gasteiger partial charge is 0.260 e. The second-order valence-electron chi connectivity index (χ2n) is 7.23. The number of ether oxygens (including phenoxy) is 1. The van der Waals surface area contributed by atoms with E-state index in [1.807, 2.05) is 32.0 Å². The van der Waals surface area contributed by atoms with E-state index >= 15 is 0 Å². The summed E-state index contributed by atoms with van der Waals surface area (Å²) in [5, 5.41) is 0. The molecular weight excluding hydrogens is 424 g/mol. The van der Waals surface area contributed by atoms with Crippen molar-refractivity contribution in [2.24, 2.45) is 0 Å². The molecule has 1 aliphatic rings. The minimum Gasteiger partial charge on any atom is -0.484 e. The van der Waals surface area contributed by atoms with Crippen LogP contribution in [0.1, 0.15) is 11.1 Å². The Morgan fingerprint density at radius 1 is 1.10 bits per heavy atom. The highest BCUT2D eigenvalue weighted by Gasteiger charge is 2.32. The van der Waals surface area contributed by atoms with Crippen LogP contribution < -0.4 is 4.74 Å². The van der Waals surface area contributed by atoms with Gasteiger partial charge in [0.15, 0.2) is 6.61 Å². The lowest BCUT2D eigenvalue weighted by atomic mass is 10.1. The molecule has 1 amide bonds. The monoisotopic (exact) mass is 446 g/mol. The van der Waals surface area contributed by atoms with E-state index in [1.165, 1.54) is 4.31 Å². The Labute approximate surface area is 179 Å². The van der Waals surface area contributed by atoms with Crippen LogP contribution in [-0.4, -0.2) is 65.1 Å². The summed E-state index contributed by atoms with van der Waals surface area (Å²) in [7, 11) is -3.70. The fourth-order valence-corrected chi connectivity index (χ4v) is 5.67. The van der Waals surface area contributed by atoms with E-state index in [1.54, 1.807) is 23.1 Å². The zero-order valence-corrected chi connectivity index (χ0v) is 18.4. The zero-order valence-electron chi connectivity index (χ0n) is 16.7. The molecule has 0 N–H and O–H groups in total. The van der Waals surface area contributed by atoms with Crippen LogP contribution in [0.15, 0.2) is 41.3 Å². The molecule has 2 heterocycles. The SMILES string of the molecule is Cc1ccc(OCC(=O)N2CCN(S(=O)(=O)c3cccc4nsnc34)CC2)c(C)c1. The molecule has 4 rings (SSSR count). The molecule has 0 atom stereocenters. The highest BCUT2D eigenvalue weighted by atomic mass is 32.2. The molecule has 10 heteroatoms. The first-order valence-electron chi connectivity index (χ1n) is 9.55. The minimum atomic E-state index is -3.70. The normalized spacial score (nSPS) is 15.5. The lowest BCUT2D eigenvalue weighted by Crippen LogP contribution is -2.51. The van der Waals surface area contributed by atoms with Gasteiger partial charge in [-0.3, -0.25) is 4.79 Å². The van der Waals surface area contributed by atoms with Crippen LogP contribution >= 0.6 is 11.7 Å². The first kappa shape index (κ1) is 20.7. The third-order valence-electron chi connectivity index (χ3n) is 5.14. The summed E-state index contributed by atoms with van der Waals surface area (Å²) >= 11 is 0.990. The molecular formula is C20H22N4O4S2. The first-order valence-corrected chi connectivity index (χ1v) is 11.7. The molecule has 2 aromatic carbocycles. The molecule has 0 bridgehead atoms. The second-order valence-corrected chi connectivity index (χ2v) is 9.67. The lowest BCUT2D eigenvalue weighted by molar-refractivity contribution is -0.134. The molecule has 30 heavy (non-hydrogen) atoms. The average molecular weight is 447 g/mol. The van der Waals surface area contributed by atoms with Crippen LogP contribution in [0.3, 0.4) is 0 Å². The molecule has 0 saturated carbocycles. The van der Waals surface area contributed by atoms with E-state index in [-0.39, 0.29) is 30.5 Å². The Bertz CT molecular complexity index is 1180. The van der Waals surface area contributed by atoms with Crippen molar-refractivity contribution in [1.82, 2.24) is 18.0 Å². The maximum atomic E-state index is 13.1. The Morgan fingerprint density at radius 3 is 2.60 bits per heavy atom. The highest BCUT2D eigenvalue weighted by molar-refractivity contribution is 7.89. The predicted molar refractivity (Wildman–Crippen MR) is 114 cm³/mol. The Hall–Kier alpha value is -2.56. The maximum Gasteiger partial charge on any atom is 0.260 e. The quantitative estimate of drug-likeness (QED) is 0.597. The van der Waals surface area contributed by atoms with E-state index in [9.17, 15) is 13.2 Å². The number of sulfonamides is 1. The summed E-state index contributed by atoms with van der Waals surface area (Å²) in [6.07, 6.45) is 0. The van der Waals surface area contributed by atoms with Crippen molar-refractivity contribution in [3.63, 3.8) is 0 Å². The van der Waals surface area contributed by atoms with Crippen LogP contribution in [-0.2, 0) is 14.8 Å². The molecule has 1 saturated heterocycles. The van der Waals surface area contributed by atoms with Gasteiger partial charge in [0.25, 0.3) is 5.91 Å². The molecule has 158 valence electrons. The number of nitrogens with zero attached hydrogens (tertiary/aromatic N) is 4. The van der Waals surface area contributed by atoms with Gasteiger partial charge in [-0.15, -0.1) is 0 Å². The van der Waals surface area contributed by atoms with Gasteiger partial charge in [-0.1, -0.05) is 23.8 Å². The minimum absolute atomic E-state index is 0.0690. The number of hydrogen-bond acceptors (Lipinski definition) is 7. The topological polar surface area (TPSA) is 92.7 Å². The van der Waals surface area contributed by atoms with Crippen molar-refractivity contribution >= 4 is 38.7 Å². The number of hydrogen-bond donors (Lipinski definition) is 0. The number of piperazine rings is 1. The average Bonchev–Trinajstić information content (AvgIpc) is 3.22. The summed E-state index contributed by atoms with van der Waals surface area (Å²) < 4.78 is 41.5. The van der Waals surface area contributed by atoms with Crippen molar-refractivity contribution in [2.45, 2.75) is 18.7 Å². The third kappa shape index (κ3) is 4.03. The van der Waals surface area contributed by atoms with Gasteiger partial charge in [0, 0.05) is 26.2 Å². The van der Waals surface area contributed by atoms with Crippen LogP contribution in [0, 0.1) is 13.8 Å². The number of aryl methyl sites for hydroxylation is 2. The van der Waals surface area contributed by atoms with Gasteiger partial charge >= 0.3 is 0 Å². The Morgan fingerprint density at radius 2 is 1.87 bits per heavy atom. The zero-order chi connectivity index (χ0) is 21.3. The number of benzene rings is 2. The van der Waals surface area contributed by atoms with Crippen molar-refractivity contribution in [2.75, 3.05) is 32.8 Å². The molecule has 0 radical (unpaired) electrons. The van der Waals surface area contributed by atoms with Crippen molar-refractivity contribution in [3.8, 4) is 5.75 Å². The summed E-state index contributed by atoms with van der Waals surface area (Å²) in [4.78, 5) is 14.3. The van der Waals surface area contributed by atoms with Gasteiger partial charge in [-0.05, 0) is 37.6 Å². The number of amides is 1. The fourth-order valence-electron chi connectivity index (χ4n) is 3.50. The molecule has 0 spiro atoms. The summed E-state index contributed by atoms with van der Waals surface area (Å²) in [6, 6.07) is 10.8.